The Hall–Kier alpha value is -2.62. The van der Waals surface area contributed by atoms with Crippen molar-refractivity contribution in [3.8, 4) is 5.75 Å². The van der Waals surface area contributed by atoms with Crippen LogP contribution in [0.5, 0.6) is 5.75 Å². The molecule has 5 unspecified atom stereocenters. The molecule has 144 valence electrons. The highest BCUT2D eigenvalue weighted by Gasteiger charge is 2.51. The Bertz CT molecular complexity index is 808. The van der Waals surface area contributed by atoms with Crippen molar-refractivity contribution >= 4 is 11.7 Å². The van der Waals surface area contributed by atoms with E-state index in [2.05, 4.69) is 15.7 Å². The molecule has 0 aliphatic carbocycles. The molecular weight excluding hydrogens is 352 g/mol. The monoisotopic (exact) mass is 374 g/mol. The third-order valence-electron chi connectivity index (χ3n) is 4.81. The smallest absolute Gasteiger partial charge is 0.319 e. The normalized spacial score (nSPS) is 29.4. The molecule has 9 heteroatoms. The Balaban J connectivity index is 1.46. The topological polar surface area (TPSA) is 107 Å². The summed E-state index contributed by atoms with van der Waals surface area (Å²) in [5, 5.41) is 20.7. The number of amides is 2. The minimum Gasteiger partial charge on any atom is -0.497 e. The number of benzene rings is 1. The second-order valence-electron chi connectivity index (χ2n) is 6.71. The molecule has 2 aromatic rings. The van der Waals surface area contributed by atoms with E-state index < -0.39 is 36.6 Å². The van der Waals surface area contributed by atoms with Crippen LogP contribution in [-0.4, -0.2) is 59.2 Å². The van der Waals surface area contributed by atoms with Gasteiger partial charge in [0.05, 0.1) is 26.0 Å². The maximum absolute atomic E-state index is 12.4. The number of fused-ring (bicyclic) bond motifs is 2. The summed E-state index contributed by atoms with van der Waals surface area (Å²) in [6, 6.07) is 5.36. The van der Waals surface area contributed by atoms with Gasteiger partial charge < -0.3 is 30.0 Å². The number of methoxy groups -OCH3 is 1. The first-order chi connectivity index (χ1) is 13.0. The second kappa shape index (κ2) is 7.18. The predicted molar refractivity (Wildman–Crippen MR) is 95.6 cm³/mol. The van der Waals surface area contributed by atoms with Gasteiger partial charge in [0.15, 0.2) is 6.29 Å². The van der Waals surface area contributed by atoms with E-state index in [1.165, 1.54) is 0 Å². The van der Waals surface area contributed by atoms with E-state index >= 15 is 0 Å². The van der Waals surface area contributed by atoms with Gasteiger partial charge in [-0.3, -0.25) is 4.68 Å². The lowest BCUT2D eigenvalue weighted by Crippen LogP contribution is -2.59. The van der Waals surface area contributed by atoms with Crippen LogP contribution in [0.25, 0.3) is 0 Å². The molecule has 2 saturated heterocycles. The van der Waals surface area contributed by atoms with Crippen LogP contribution in [0.3, 0.4) is 0 Å². The number of aryl methyl sites for hydroxylation is 1. The van der Waals surface area contributed by atoms with Gasteiger partial charge in [0.2, 0.25) is 0 Å². The number of aliphatic hydroxyl groups is 1. The zero-order chi connectivity index (χ0) is 19.0. The Labute approximate surface area is 156 Å². The van der Waals surface area contributed by atoms with Crippen molar-refractivity contribution in [2.75, 3.05) is 19.0 Å². The van der Waals surface area contributed by atoms with E-state index in [0.29, 0.717) is 18.0 Å². The lowest BCUT2D eigenvalue weighted by molar-refractivity contribution is -0.166. The lowest BCUT2D eigenvalue weighted by Gasteiger charge is -2.38. The minimum atomic E-state index is -0.905. The molecule has 27 heavy (non-hydrogen) atoms. The molecule has 0 spiro atoms. The number of nitrogens with zero attached hydrogens (tertiary/aromatic N) is 2. The highest BCUT2D eigenvalue weighted by Crippen LogP contribution is 2.35. The quantitative estimate of drug-likeness (QED) is 0.738. The van der Waals surface area contributed by atoms with E-state index in [0.717, 1.165) is 5.56 Å². The first-order valence-electron chi connectivity index (χ1n) is 8.72. The molecule has 0 radical (unpaired) electrons. The van der Waals surface area contributed by atoms with Gasteiger partial charge in [0.1, 0.15) is 24.0 Å². The van der Waals surface area contributed by atoms with Gasteiger partial charge in [-0.2, -0.15) is 5.10 Å². The van der Waals surface area contributed by atoms with E-state index in [9.17, 15) is 9.90 Å². The molecule has 4 rings (SSSR count). The summed E-state index contributed by atoms with van der Waals surface area (Å²) in [6.45, 7) is 2.21. The average Bonchev–Trinajstić information content (AvgIpc) is 3.27. The summed E-state index contributed by atoms with van der Waals surface area (Å²) < 4.78 is 18.2. The summed E-state index contributed by atoms with van der Waals surface area (Å²) in [5.74, 6) is 0.698. The number of carbonyl (C=O) groups is 1. The molecular formula is C18H22N4O5. The maximum Gasteiger partial charge on any atom is 0.319 e. The zero-order valence-electron chi connectivity index (χ0n) is 15.0. The highest BCUT2D eigenvalue weighted by molar-refractivity contribution is 5.89. The van der Waals surface area contributed by atoms with Crippen molar-refractivity contribution < 1.29 is 24.1 Å². The molecule has 2 bridgehead atoms. The molecule has 9 nitrogen and oxygen atoms in total. The van der Waals surface area contributed by atoms with Crippen molar-refractivity contribution in [3.63, 3.8) is 0 Å². The molecule has 3 heterocycles. The molecule has 3 N–H and O–H groups in total. The van der Waals surface area contributed by atoms with Crippen LogP contribution in [0.15, 0.2) is 36.7 Å². The van der Waals surface area contributed by atoms with Gasteiger partial charge in [-0.25, -0.2) is 4.79 Å². The zero-order valence-corrected chi connectivity index (χ0v) is 15.0. The maximum atomic E-state index is 12.4. The number of urea groups is 1. The lowest BCUT2D eigenvalue weighted by atomic mass is 9.96. The molecule has 1 aromatic heterocycles. The Morgan fingerprint density at radius 2 is 2.15 bits per heavy atom. The van der Waals surface area contributed by atoms with Crippen molar-refractivity contribution in [1.82, 2.24) is 15.1 Å². The summed E-state index contributed by atoms with van der Waals surface area (Å²) in [7, 11) is 1.58. The van der Waals surface area contributed by atoms with Crippen LogP contribution >= 0.6 is 0 Å². The number of ether oxygens (including phenoxy) is 3. The highest BCUT2D eigenvalue weighted by atomic mass is 16.7. The largest absolute Gasteiger partial charge is 0.497 e. The second-order valence-corrected chi connectivity index (χ2v) is 6.71. The third kappa shape index (κ3) is 3.48. The first-order valence-corrected chi connectivity index (χ1v) is 8.72. The number of hydrogen-bond acceptors (Lipinski definition) is 6. The van der Waals surface area contributed by atoms with Crippen molar-refractivity contribution in [2.45, 2.75) is 37.5 Å². The van der Waals surface area contributed by atoms with E-state index in [-0.39, 0.29) is 0 Å². The molecule has 2 aliphatic heterocycles. The first kappa shape index (κ1) is 17.8. The van der Waals surface area contributed by atoms with E-state index in [4.69, 9.17) is 14.2 Å². The fourth-order valence-electron chi connectivity index (χ4n) is 3.45. The number of nitrogens with one attached hydrogen (secondary N) is 2. The van der Waals surface area contributed by atoms with Crippen molar-refractivity contribution in [1.29, 1.82) is 0 Å². The van der Waals surface area contributed by atoms with Crippen LogP contribution in [0.1, 0.15) is 11.6 Å². The fourth-order valence-corrected chi connectivity index (χ4v) is 3.45. The number of rotatable bonds is 4. The fraction of sp³-hybridized carbons (Fsp3) is 0.444. The number of carbonyl (C=O) groups excluding carboxylic acids is 1. The molecule has 2 amide bonds. The van der Waals surface area contributed by atoms with Gasteiger partial charge >= 0.3 is 6.03 Å². The Morgan fingerprint density at radius 1 is 1.37 bits per heavy atom. The third-order valence-corrected chi connectivity index (χ3v) is 4.81. The summed E-state index contributed by atoms with van der Waals surface area (Å²) in [5.41, 5.74) is 1.57. The van der Waals surface area contributed by atoms with Crippen LogP contribution in [-0.2, 0) is 9.47 Å². The summed E-state index contributed by atoms with van der Waals surface area (Å²) in [4.78, 5) is 12.4. The molecule has 2 aliphatic rings. The van der Waals surface area contributed by atoms with E-state index in [1.54, 1.807) is 42.3 Å². The van der Waals surface area contributed by atoms with Crippen LogP contribution < -0.4 is 15.4 Å². The predicted octanol–water partition coefficient (Wildman–Crippen LogP) is 1.05. The van der Waals surface area contributed by atoms with Crippen LogP contribution in [0.4, 0.5) is 10.5 Å². The summed E-state index contributed by atoms with van der Waals surface area (Å²) >= 11 is 0. The van der Waals surface area contributed by atoms with Gasteiger partial charge in [-0.15, -0.1) is 0 Å². The standard InChI is InChI=1S/C18H22N4O5/c1-10-7-19-22(8-10)15-16(23)14(13-9-26-17(15)27-13)21-18(24)20-11-3-5-12(25-2)6-4-11/h3-8,13-17,23H,9H2,1-2H3,(H2,20,21,24). The number of anilines is 1. The van der Waals surface area contributed by atoms with Crippen LogP contribution in [0, 0.1) is 6.92 Å². The molecule has 0 saturated carbocycles. The average molecular weight is 374 g/mol. The number of aliphatic hydroxyl groups excluding tert-OH is 1. The van der Waals surface area contributed by atoms with Crippen molar-refractivity contribution in [2.24, 2.45) is 0 Å². The number of aromatic nitrogens is 2. The van der Waals surface area contributed by atoms with Gasteiger partial charge in [-0.05, 0) is 36.8 Å². The summed E-state index contributed by atoms with van der Waals surface area (Å²) in [6.07, 6.45) is 1.60. The number of hydrogen-bond donors (Lipinski definition) is 3. The Morgan fingerprint density at radius 3 is 2.81 bits per heavy atom. The van der Waals surface area contributed by atoms with Gasteiger partial charge in [0.25, 0.3) is 0 Å². The van der Waals surface area contributed by atoms with Crippen molar-refractivity contribution in [3.05, 3.63) is 42.2 Å². The van der Waals surface area contributed by atoms with E-state index in [1.807, 2.05) is 13.1 Å². The SMILES string of the molecule is COc1ccc(NC(=O)NC2C3COC(O3)C(n3cc(C)cn3)C2O)cc1. The molecule has 1 aromatic carbocycles. The molecule has 2 fully saturated rings. The van der Waals surface area contributed by atoms with Crippen LogP contribution in [0.2, 0.25) is 0 Å². The van der Waals surface area contributed by atoms with Gasteiger partial charge in [0, 0.05) is 11.9 Å². The molecule has 5 atom stereocenters. The Kier molecular flexibility index (Phi) is 4.73. The minimum absolute atomic E-state index is 0.298. The van der Waals surface area contributed by atoms with Gasteiger partial charge in [-0.1, -0.05) is 0 Å².